The summed E-state index contributed by atoms with van der Waals surface area (Å²) in [6, 6.07) is 3.32. The van der Waals surface area contributed by atoms with Gasteiger partial charge in [0.25, 0.3) is 5.91 Å². The standard InChI is InChI=1S/C13H16BrN3O2/c1-7-5-11(8(14)6-9(7)15)16-10-3-4-12(18)17(2)13(10)19/h5-6,10,16H,3-4,15H2,1-2H3. The van der Waals surface area contributed by atoms with Crippen molar-refractivity contribution in [2.45, 2.75) is 25.8 Å². The van der Waals surface area contributed by atoms with E-state index in [-0.39, 0.29) is 17.9 Å². The van der Waals surface area contributed by atoms with E-state index in [1.807, 2.05) is 13.0 Å². The number of aryl methyl sites for hydroxylation is 1. The van der Waals surface area contributed by atoms with Crippen LogP contribution in [0.3, 0.4) is 0 Å². The molecule has 0 aromatic heterocycles. The molecule has 1 aromatic rings. The number of carbonyl (C=O) groups excluding carboxylic acids is 2. The Morgan fingerprint density at radius 3 is 2.79 bits per heavy atom. The minimum absolute atomic E-state index is 0.129. The summed E-state index contributed by atoms with van der Waals surface area (Å²) in [7, 11) is 1.52. The van der Waals surface area contributed by atoms with Crippen LogP contribution in [-0.4, -0.2) is 29.8 Å². The number of benzene rings is 1. The lowest BCUT2D eigenvalue weighted by Gasteiger charge is -2.29. The van der Waals surface area contributed by atoms with Crippen LogP contribution in [0, 0.1) is 6.92 Å². The first kappa shape index (κ1) is 13.9. The maximum atomic E-state index is 12.0. The second-order valence-corrected chi connectivity index (χ2v) is 5.57. The molecule has 1 aliphatic rings. The second kappa shape index (κ2) is 5.21. The smallest absolute Gasteiger partial charge is 0.251 e. The van der Waals surface area contributed by atoms with Crippen molar-refractivity contribution >= 4 is 39.1 Å². The van der Waals surface area contributed by atoms with E-state index in [1.54, 1.807) is 6.07 Å². The van der Waals surface area contributed by atoms with Crippen LogP contribution in [0.5, 0.6) is 0 Å². The number of nitrogens with zero attached hydrogens (tertiary/aromatic N) is 1. The van der Waals surface area contributed by atoms with Crippen molar-refractivity contribution in [2.75, 3.05) is 18.1 Å². The van der Waals surface area contributed by atoms with E-state index < -0.39 is 0 Å². The number of likely N-dealkylation sites (tertiary alicyclic amines) is 1. The van der Waals surface area contributed by atoms with Crippen LogP contribution in [-0.2, 0) is 9.59 Å². The monoisotopic (exact) mass is 325 g/mol. The summed E-state index contributed by atoms with van der Waals surface area (Å²) in [5.41, 5.74) is 8.26. The third-order valence-electron chi connectivity index (χ3n) is 3.34. The van der Waals surface area contributed by atoms with E-state index in [2.05, 4.69) is 21.2 Å². The molecular formula is C13H16BrN3O2. The van der Waals surface area contributed by atoms with E-state index >= 15 is 0 Å². The zero-order valence-electron chi connectivity index (χ0n) is 10.9. The first-order valence-electron chi connectivity index (χ1n) is 6.02. The predicted octanol–water partition coefficient (Wildman–Crippen LogP) is 1.90. The number of piperidine rings is 1. The first-order valence-corrected chi connectivity index (χ1v) is 6.82. The van der Waals surface area contributed by atoms with Crippen LogP contribution in [0.4, 0.5) is 11.4 Å². The number of imide groups is 1. The molecule has 0 spiro atoms. The van der Waals surface area contributed by atoms with E-state index in [9.17, 15) is 9.59 Å². The summed E-state index contributed by atoms with van der Waals surface area (Å²) in [5.74, 6) is -0.326. The molecule has 6 heteroatoms. The third kappa shape index (κ3) is 2.73. The molecule has 0 radical (unpaired) electrons. The molecule has 2 amide bonds. The molecule has 1 atom stereocenters. The highest BCUT2D eigenvalue weighted by Gasteiger charge is 2.31. The van der Waals surface area contributed by atoms with Crippen LogP contribution >= 0.6 is 15.9 Å². The van der Waals surface area contributed by atoms with Gasteiger partial charge in [0.2, 0.25) is 5.91 Å². The van der Waals surface area contributed by atoms with Crippen molar-refractivity contribution in [1.82, 2.24) is 4.90 Å². The maximum absolute atomic E-state index is 12.0. The quantitative estimate of drug-likeness (QED) is 0.643. The molecule has 5 nitrogen and oxygen atoms in total. The molecule has 1 heterocycles. The summed E-state index contributed by atoms with van der Waals surface area (Å²) < 4.78 is 0.808. The van der Waals surface area contributed by atoms with Crippen molar-refractivity contribution in [1.29, 1.82) is 0 Å². The summed E-state index contributed by atoms with van der Waals surface area (Å²) in [6.45, 7) is 1.91. The zero-order valence-corrected chi connectivity index (χ0v) is 12.5. The normalized spacial score (nSPS) is 19.7. The lowest BCUT2D eigenvalue weighted by atomic mass is 10.0. The van der Waals surface area contributed by atoms with E-state index in [1.165, 1.54) is 11.9 Å². The van der Waals surface area contributed by atoms with Gasteiger partial charge >= 0.3 is 0 Å². The lowest BCUT2D eigenvalue weighted by Crippen LogP contribution is -2.48. The SMILES string of the molecule is Cc1cc(NC2CCC(=O)N(C)C2=O)c(Br)cc1N. The van der Waals surface area contributed by atoms with Gasteiger partial charge in [0, 0.05) is 29.3 Å². The van der Waals surface area contributed by atoms with E-state index in [0.717, 1.165) is 15.7 Å². The largest absolute Gasteiger partial charge is 0.398 e. The number of amides is 2. The van der Waals surface area contributed by atoms with Crippen LogP contribution in [0.25, 0.3) is 0 Å². The number of nitrogens with two attached hydrogens (primary N) is 1. The highest BCUT2D eigenvalue weighted by Crippen LogP contribution is 2.29. The Hall–Kier alpha value is -1.56. The molecule has 1 unspecified atom stereocenters. The average Bonchev–Trinajstić information content (AvgIpc) is 2.36. The predicted molar refractivity (Wildman–Crippen MR) is 77.7 cm³/mol. The average molecular weight is 326 g/mol. The van der Waals surface area contributed by atoms with Gasteiger partial charge in [-0.05, 0) is 47.0 Å². The minimum atomic E-state index is -0.373. The Morgan fingerprint density at radius 2 is 2.11 bits per heavy atom. The van der Waals surface area contributed by atoms with Gasteiger partial charge in [-0.1, -0.05) is 0 Å². The van der Waals surface area contributed by atoms with Gasteiger partial charge in [-0.15, -0.1) is 0 Å². The molecule has 19 heavy (non-hydrogen) atoms. The van der Waals surface area contributed by atoms with E-state index in [0.29, 0.717) is 18.5 Å². The number of hydrogen-bond acceptors (Lipinski definition) is 4. The molecule has 1 aliphatic heterocycles. The Balaban J connectivity index is 2.20. The van der Waals surface area contributed by atoms with Crippen molar-refractivity contribution in [3.63, 3.8) is 0 Å². The molecule has 1 saturated heterocycles. The summed E-state index contributed by atoms with van der Waals surface area (Å²) in [6.07, 6.45) is 0.892. The maximum Gasteiger partial charge on any atom is 0.251 e. The van der Waals surface area contributed by atoms with Gasteiger partial charge in [0.1, 0.15) is 6.04 Å². The topological polar surface area (TPSA) is 75.4 Å². The first-order chi connectivity index (χ1) is 8.90. The minimum Gasteiger partial charge on any atom is -0.398 e. The van der Waals surface area contributed by atoms with Gasteiger partial charge in [-0.3, -0.25) is 14.5 Å². The number of likely N-dealkylation sites (N-methyl/N-ethyl adjacent to an activating group) is 1. The number of carbonyl (C=O) groups is 2. The molecule has 102 valence electrons. The van der Waals surface area contributed by atoms with Crippen molar-refractivity contribution in [2.24, 2.45) is 0 Å². The molecule has 0 aliphatic carbocycles. The zero-order chi connectivity index (χ0) is 14.2. The molecule has 0 bridgehead atoms. The van der Waals surface area contributed by atoms with Crippen molar-refractivity contribution < 1.29 is 9.59 Å². The van der Waals surface area contributed by atoms with Gasteiger partial charge in [0.05, 0.1) is 0 Å². The highest BCUT2D eigenvalue weighted by atomic mass is 79.9. The van der Waals surface area contributed by atoms with Gasteiger partial charge in [0.15, 0.2) is 0 Å². The number of nitrogens with one attached hydrogen (secondary N) is 1. The number of nitrogen functional groups attached to an aromatic ring is 1. The molecule has 1 aromatic carbocycles. The fourth-order valence-electron chi connectivity index (χ4n) is 2.04. The van der Waals surface area contributed by atoms with Crippen LogP contribution in [0.2, 0.25) is 0 Å². The van der Waals surface area contributed by atoms with Crippen molar-refractivity contribution in [3.05, 3.63) is 22.2 Å². The summed E-state index contributed by atoms with van der Waals surface area (Å²) >= 11 is 3.42. The lowest BCUT2D eigenvalue weighted by molar-refractivity contribution is -0.146. The number of anilines is 2. The molecular weight excluding hydrogens is 310 g/mol. The van der Waals surface area contributed by atoms with Crippen LogP contribution in [0.15, 0.2) is 16.6 Å². The third-order valence-corrected chi connectivity index (χ3v) is 3.99. The Morgan fingerprint density at radius 1 is 1.42 bits per heavy atom. The number of rotatable bonds is 2. The number of halogens is 1. The Kier molecular flexibility index (Phi) is 3.80. The Labute approximate surface area is 120 Å². The van der Waals surface area contributed by atoms with Crippen LogP contribution in [0.1, 0.15) is 18.4 Å². The fourth-order valence-corrected chi connectivity index (χ4v) is 2.52. The number of hydrogen-bond donors (Lipinski definition) is 2. The molecule has 0 saturated carbocycles. The highest BCUT2D eigenvalue weighted by molar-refractivity contribution is 9.10. The van der Waals surface area contributed by atoms with Gasteiger partial charge < -0.3 is 11.1 Å². The molecule has 1 fully saturated rings. The summed E-state index contributed by atoms with van der Waals surface area (Å²) in [5, 5.41) is 3.17. The fraction of sp³-hybridized carbons (Fsp3) is 0.385. The molecule has 2 rings (SSSR count). The summed E-state index contributed by atoms with van der Waals surface area (Å²) in [4.78, 5) is 24.6. The van der Waals surface area contributed by atoms with Gasteiger partial charge in [-0.25, -0.2) is 0 Å². The van der Waals surface area contributed by atoms with Gasteiger partial charge in [-0.2, -0.15) is 0 Å². The Bertz CT molecular complexity index is 545. The van der Waals surface area contributed by atoms with Crippen LogP contribution < -0.4 is 11.1 Å². The second-order valence-electron chi connectivity index (χ2n) is 4.72. The van der Waals surface area contributed by atoms with E-state index in [4.69, 9.17) is 5.73 Å². The molecule has 3 N–H and O–H groups in total. The van der Waals surface area contributed by atoms with Crippen molar-refractivity contribution in [3.8, 4) is 0 Å².